The molecule has 140 valence electrons. The third-order valence-corrected chi connectivity index (χ3v) is 6.47. The van der Waals surface area contributed by atoms with Gasteiger partial charge in [0.2, 0.25) is 0 Å². The van der Waals surface area contributed by atoms with E-state index in [1.807, 2.05) is 14.1 Å². The van der Waals surface area contributed by atoms with Gasteiger partial charge in [-0.2, -0.15) is 0 Å². The molecule has 1 aromatic carbocycles. The third kappa shape index (κ3) is 6.24. The summed E-state index contributed by atoms with van der Waals surface area (Å²) in [5.74, 6) is 0.456. The van der Waals surface area contributed by atoms with Crippen molar-refractivity contribution in [3.8, 4) is 0 Å². The number of thiocarbonyl (C=S) groups is 1. The van der Waals surface area contributed by atoms with Gasteiger partial charge in [-0.25, -0.2) is 8.42 Å². The zero-order chi connectivity index (χ0) is 18.6. The standard InChI is InChI=1S/C18H29N3O2S2/c1-14-10-15(2)12-16(11-14)19-18(24)21(8-5-7-20(3)4)17-6-9-25(22,23)13-17/h10-12,17H,5-9,13H2,1-4H3,(H,19,24)/t17-/m0/s1. The molecule has 7 heteroatoms. The van der Waals surface area contributed by atoms with Gasteiger partial charge in [0.05, 0.1) is 11.5 Å². The SMILES string of the molecule is Cc1cc(C)cc(NC(=S)N(CCCN(C)C)[C@H]2CCS(=O)(=O)C2)c1. The lowest BCUT2D eigenvalue weighted by molar-refractivity contribution is 0.306. The van der Waals surface area contributed by atoms with E-state index in [1.165, 1.54) is 11.1 Å². The average Bonchev–Trinajstić information content (AvgIpc) is 2.81. The van der Waals surface area contributed by atoms with E-state index in [9.17, 15) is 8.42 Å². The highest BCUT2D eigenvalue weighted by molar-refractivity contribution is 7.91. The van der Waals surface area contributed by atoms with Gasteiger partial charge in [0.1, 0.15) is 0 Å². The van der Waals surface area contributed by atoms with E-state index in [-0.39, 0.29) is 17.5 Å². The Kier molecular flexibility index (Phi) is 6.82. The van der Waals surface area contributed by atoms with E-state index < -0.39 is 9.84 Å². The van der Waals surface area contributed by atoms with Crippen LogP contribution in [0.3, 0.4) is 0 Å². The first-order valence-corrected chi connectivity index (χ1v) is 10.9. The van der Waals surface area contributed by atoms with E-state index in [4.69, 9.17) is 12.2 Å². The molecule has 1 atom stereocenters. The third-order valence-electron chi connectivity index (χ3n) is 4.39. The Bertz CT molecular complexity index is 697. The van der Waals surface area contributed by atoms with Crippen LogP contribution in [0, 0.1) is 13.8 Å². The largest absolute Gasteiger partial charge is 0.345 e. The number of hydrogen-bond donors (Lipinski definition) is 1. The first-order chi connectivity index (χ1) is 11.7. The summed E-state index contributed by atoms with van der Waals surface area (Å²) in [6.07, 6.45) is 1.59. The molecule has 0 amide bonds. The minimum absolute atomic E-state index is 0.0296. The Labute approximate surface area is 157 Å². The molecule has 0 aromatic heterocycles. The van der Waals surface area contributed by atoms with Crippen molar-refractivity contribution in [3.63, 3.8) is 0 Å². The molecule has 1 saturated heterocycles. The molecule has 0 spiro atoms. The minimum atomic E-state index is -2.94. The second kappa shape index (κ2) is 8.47. The van der Waals surface area contributed by atoms with Crippen LogP contribution in [0.5, 0.6) is 0 Å². The van der Waals surface area contributed by atoms with E-state index in [0.29, 0.717) is 11.5 Å². The number of hydrogen-bond acceptors (Lipinski definition) is 4. The number of rotatable bonds is 6. The second-order valence-corrected chi connectivity index (χ2v) is 9.83. The summed E-state index contributed by atoms with van der Waals surface area (Å²) in [7, 11) is 1.14. The molecule has 25 heavy (non-hydrogen) atoms. The van der Waals surface area contributed by atoms with Gasteiger partial charge in [0.25, 0.3) is 0 Å². The Morgan fingerprint density at radius 2 is 1.84 bits per heavy atom. The summed E-state index contributed by atoms with van der Waals surface area (Å²) >= 11 is 5.64. The van der Waals surface area contributed by atoms with Crippen molar-refractivity contribution in [1.29, 1.82) is 0 Å². The van der Waals surface area contributed by atoms with Crippen LogP contribution in [-0.2, 0) is 9.84 Å². The molecule has 1 heterocycles. The molecule has 1 fully saturated rings. The van der Waals surface area contributed by atoms with Crippen LogP contribution in [0.4, 0.5) is 5.69 Å². The highest BCUT2D eigenvalue weighted by Gasteiger charge is 2.33. The van der Waals surface area contributed by atoms with E-state index in [0.717, 1.165) is 25.2 Å². The fourth-order valence-electron chi connectivity index (χ4n) is 3.27. The second-order valence-electron chi connectivity index (χ2n) is 7.21. The molecule has 0 bridgehead atoms. The van der Waals surface area contributed by atoms with Gasteiger partial charge in [0, 0.05) is 18.3 Å². The molecule has 0 aliphatic carbocycles. The lowest BCUT2D eigenvalue weighted by Crippen LogP contribution is -2.44. The molecule has 0 saturated carbocycles. The number of nitrogens with one attached hydrogen (secondary N) is 1. The van der Waals surface area contributed by atoms with Crippen molar-refractivity contribution in [2.75, 3.05) is 44.0 Å². The van der Waals surface area contributed by atoms with Crippen LogP contribution in [0.1, 0.15) is 24.0 Å². The summed E-state index contributed by atoms with van der Waals surface area (Å²) in [4.78, 5) is 4.20. The van der Waals surface area contributed by atoms with Crippen LogP contribution >= 0.6 is 12.2 Å². The first-order valence-electron chi connectivity index (χ1n) is 8.67. The molecular weight excluding hydrogens is 354 g/mol. The van der Waals surface area contributed by atoms with Crippen molar-refractivity contribution >= 4 is 32.9 Å². The fourth-order valence-corrected chi connectivity index (χ4v) is 5.36. The molecule has 0 radical (unpaired) electrons. The van der Waals surface area contributed by atoms with Gasteiger partial charge in [-0.1, -0.05) is 6.07 Å². The van der Waals surface area contributed by atoms with Crippen molar-refractivity contribution < 1.29 is 8.42 Å². The lowest BCUT2D eigenvalue weighted by atomic mass is 10.1. The summed E-state index contributed by atoms with van der Waals surface area (Å²) < 4.78 is 23.8. The molecule has 1 N–H and O–H groups in total. The summed E-state index contributed by atoms with van der Waals surface area (Å²) in [5, 5.41) is 3.93. The maximum atomic E-state index is 11.9. The highest BCUT2D eigenvalue weighted by Crippen LogP contribution is 2.21. The predicted octanol–water partition coefficient (Wildman–Crippen LogP) is 2.44. The van der Waals surface area contributed by atoms with Gasteiger partial charge in [-0.05, 0) is 82.8 Å². The normalized spacial score (nSPS) is 19.2. The maximum Gasteiger partial charge on any atom is 0.173 e. The van der Waals surface area contributed by atoms with E-state index >= 15 is 0 Å². The van der Waals surface area contributed by atoms with Crippen LogP contribution in [0.15, 0.2) is 18.2 Å². The smallest absolute Gasteiger partial charge is 0.173 e. The Hall–Kier alpha value is -1.18. The molecule has 1 aliphatic heterocycles. The van der Waals surface area contributed by atoms with E-state index in [2.05, 4.69) is 47.2 Å². The lowest BCUT2D eigenvalue weighted by Gasteiger charge is -2.31. The fraction of sp³-hybridized carbons (Fsp3) is 0.611. The Morgan fingerprint density at radius 3 is 2.36 bits per heavy atom. The van der Waals surface area contributed by atoms with Crippen molar-refractivity contribution in [3.05, 3.63) is 29.3 Å². The monoisotopic (exact) mass is 383 g/mol. The average molecular weight is 384 g/mol. The van der Waals surface area contributed by atoms with Gasteiger partial charge >= 0.3 is 0 Å². The molecular formula is C18H29N3O2S2. The number of sulfone groups is 1. The highest BCUT2D eigenvalue weighted by atomic mass is 32.2. The van der Waals surface area contributed by atoms with Crippen molar-refractivity contribution in [2.45, 2.75) is 32.7 Å². The number of anilines is 1. The minimum Gasteiger partial charge on any atom is -0.345 e. The Balaban J connectivity index is 2.11. The number of nitrogens with zero attached hydrogens (tertiary/aromatic N) is 2. The van der Waals surface area contributed by atoms with Crippen molar-refractivity contribution in [1.82, 2.24) is 9.80 Å². The van der Waals surface area contributed by atoms with Gasteiger partial charge in [0.15, 0.2) is 14.9 Å². The van der Waals surface area contributed by atoms with Crippen LogP contribution in [-0.4, -0.2) is 68.1 Å². The molecule has 1 aliphatic rings. The summed E-state index contributed by atoms with van der Waals surface area (Å²) in [5.41, 5.74) is 3.31. The van der Waals surface area contributed by atoms with Crippen LogP contribution < -0.4 is 5.32 Å². The zero-order valence-corrected chi connectivity index (χ0v) is 17.2. The van der Waals surface area contributed by atoms with Crippen LogP contribution in [0.25, 0.3) is 0 Å². The molecule has 0 unspecified atom stereocenters. The zero-order valence-electron chi connectivity index (χ0n) is 15.6. The Morgan fingerprint density at radius 1 is 1.20 bits per heavy atom. The summed E-state index contributed by atoms with van der Waals surface area (Å²) in [6, 6.07) is 6.20. The number of aryl methyl sites for hydroxylation is 2. The predicted molar refractivity (Wildman–Crippen MR) is 109 cm³/mol. The van der Waals surface area contributed by atoms with Crippen molar-refractivity contribution in [2.24, 2.45) is 0 Å². The number of benzene rings is 1. The molecule has 5 nitrogen and oxygen atoms in total. The van der Waals surface area contributed by atoms with Gasteiger partial charge < -0.3 is 15.1 Å². The maximum absolute atomic E-state index is 11.9. The molecule has 2 rings (SSSR count). The topological polar surface area (TPSA) is 52.6 Å². The summed E-state index contributed by atoms with van der Waals surface area (Å²) in [6.45, 7) is 5.82. The van der Waals surface area contributed by atoms with Gasteiger partial charge in [-0.15, -0.1) is 0 Å². The quantitative estimate of drug-likeness (QED) is 0.762. The van der Waals surface area contributed by atoms with E-state index in [1.54, 1.807) is 0 Å². The van der Waals surface area contributed by atoms with Crippen LogP contribution in [0.2, 0.25) is 0 Å². The van der Waals surface area contributed by atoms with Gasteiger partial charge in [-0.3, -0.25) is 0 Å². The first kappa shape index (κ1) is 20.1. The molecule has 1 aromatic rings.